The maximum atomic E-state index is 13.8. The number of quaternary nitrogens is 2. The zero-order valence-corrected chi connectivity index (χ0v) is 59.7. The van der Waals surface area contributed by atoms with Gasteiger partial charge in [-0.15, -0.1) is 13.2 Å². The Morgan fingerprint density at radius 1 is 0.495 bits per heavy atom. The average molecular weight is 1640 g/mol. The zero-order valence-electron chi connectivity index (χ0n) is 52.6. The lowest BCUT2D eigenvalue weighted by atomic mass is 9.71. The average Bonchev–Trinajstić information content (AvgIpc) is 0.738. The first kappa shape index (κ1) is 80.8. The fraction of sp³-hybridized carbons (Fsp3) is 0.378. The number of hydrogen-bond donors (Lipinski definition) is 2. The number of pyridine rings is 2. The summed E-state index contributed by atoms with van der Waals surface area (Å²) in [5.74, 6) is 0.978. The third-order valence-electron chi connectivity index (χ3n) is 20.1. The predicted octanol–water partition coefficient (Wildman–Crippen LogP) is 5.95. The van der Waals surface area contributed by atoms with Gasteiger partial charge < -0.3 is 87.1 Å². The van der Waals surface area contributed by atoms with Crippen molar-refractivity contribution in [2.75, 3.05) is 26.2 Å². The van der Waals surface area contributed by atoms with Crippen LogP contribution in [0.1, 0.15) is 118 Å². The largest absolute Gasteiger partial charge is 1.00 e. The number of piperidine rings is 6. The van der Waals surface area contributed by atoms with Crippen LogP contribution < -0.4 is 77.1 Å². The van der Waals surface area contributed by atoms with Gasteiger partial charge >= 0.3 is 24.7 Å². The second-order valence-electron chi connectivity index (χ2n) is 26.2. The van der Waals surface area contributed by atoms with E-state index in [0.29, 0.717) is 83.0 Å². The number of benzene rings is 6. The molecule has 10 atom stereocenters. The molecule has 97 heavy (non-hydrogen) atoms. The van der Waals surface area contributed by atoms with E-state index in [1.165, 1.54) is 12.1 Å². The smallest absolute Gasteiger partial charge is 0.416 e. The Morgan fingerprint density at radius 2 is 0.876 bits per heavy atom. The number of hydrogen-bond acceptors (Lipinski definition) is 2. The summed E-state index contributed by atoms with van der Waals surface area (Å²) in [6.45, 7) is 17.1. The van der Waals surface area contributed by atoms with Crippen LogP contribution in [0, 0.1) is 44.4 Å². The summed E-state index contributed by atoms with van der Waals surface area (Å²) < 4.78 is 168. The van der Waals surface area contributed by atoms with Crippen molar-refractivity contribution in [3.63, 3.8) is 0 Å². The third kappa shape index (κ3) is 17.3. The molecule has 0 spiro atoms. The molecule has 0 aliphatic carbocycles. The molecule has 8 unspecified atom stereocenters. The molecule has 6 fully saturated rings. The summed E-state index contributed by atoms with van der Waals surface area (Å²) in [4.78, 5) is 0. The molecule has 2 aromatic heterocycles. The summed E-state index contributed by atoms with van der Waals surface area (Å²) in [6.07, 6.45) is -10.1. The molecule has 8 aromatic rings. The quantitative estimate of drug-likeness (QED) is 0.0614. The fourth-order valence-corrected chi connectivity index (χ4v) is 16.1. The van der Waals surface area contributed by atoms with Crippen LogP contribution in [-0.4, -0.2) is 57.4 Å². The molecule has 4 bridgehead atoms. The van der Waals surface area contributed by atoms with Crippen molar-refractivity contribution >= 4 is 33.4 Å². The van der Waals surface area contributed by atoms with Crippen LogP contribution in [0.2, 0.25) is 5.02 Å². The Kier molecular flexibility index (Phi) is 26.1. The minimum atomic E-state index is -4.99. The van der Waals surface area contributed by atoms with Gasteiger partial charge in [0, 0.05) is 100 Å². The fourth-order valence-electron chi connectivity index (χ4n) is 15.8. The normalized spacial score (nSPS) is 22.7. The van der Waals surface area contributed by atoms with E-state index in [1.54, 1.807) is 73.2 Å². The van der Waals surface area contributed by atoms with E-state index in [0.717, 1.165) is 93.8 Å². The maximum absolute atomic E-state index is 13.8. The molecule has 0 saturated carbocycles. The minimum Gasteiger partial charge on any atom is -1.00 e. The number of aliphatic hydroxyl groups is 2. The van der Waals surface area contributed by atoms with Gasteiger partial charge in [-0.25, -0.2) is 0 Å². The van der Waals surface area contributed by atoms with E-state index in [9.17, 15) is 62.9 Å². The van der Waals surface area contributed by atoms with Gasteiger partial charge in [-0.05, 0) is 111 Å². The molecule has 6 aliphatic heterocycles. The van der Waals surface area contributed by atoms with Gasteiger partial charge in [-0.3, -0.25) is 0 Å². The lowest BCUT2D eigenvalue weighted by Gasteiger charge is -2.58. The van der Waals surface area contributed by atoms with Gasteiger partial charge in [-0.1, -0.05) is 78.7 Å². The van der Waals surface area contributed by atoms with Crippen LogP contribution in [0.5, 0.6) is 0 Å². The topological polar surface area (TPSA) is 48.2 Å². The van der Waals surface area contributed by atoms with Crippen molar-refractivity contribution in [3.05, 3.63) is 249 Å². The van der Waals surface area contributed by atoms with E-state index in [-0.39, 0.29) is 122 Å². The first-order valence-corrected chi connectivity index (χ1v) is 31.3. The molecule has 0 radical (unpaired) electrons. The van der Waals surface area contributed by atoms with Crippen LogP contribution >= 0.6 is 11.6 Å². The van der Waals surface area contributed by atoms with Gasteiger partial charge in [-0.2, -0.15) is 61.8 Å². The van der Waals surface area contributed by atoms with Gasteiger partial charge in [0.25, 0.3) is 0 Å². The zero-order chi connectivity index (χ0) is 66.0. The Morgan fingerprint density at radius 3 is 1.27 bits per heavy atom. The summed E-state index contributed by atoms with van der Waals surface area (Å²) in [5, 5.41) is 26.7. The number of aryl methyl sites for hydroxylation is 3. The van der Waals surface area contributed by atoms with Crippen LogP contribution in [0.4, 0.5) is 52.7 Å². The van der Waals surface area contributed by atoms with Gasteiger partial charge in [0.1, 0.15) is 37.4 Å². The van der Waals surface area contributed by atoms with Gasteiger partial charge in [0.15, 0.2) is 25.5 Å². The predicted molar refractivity (Wildman–Crippen MR) is 336 cm³/mol. The highest BCUT2D eigenvalue weighted by Gasteiger charge is 2.56. The molecule has 8 heterocycles. The molecule has 524 valence electrons. The Bertz CT molecular complexity index is 4080. The van der Waals surface area contributed by atoms with E-state index < -0.39 is 65.2 Å². The number of halogens is 17. The first-order chi connectivity index (χ1) is 43.3. The van der Waals surface area contributed by atoms with Crippen LogP contribution in [-0.2, 0) is 50.9 Å². The number of aliphatic hydroxyl groups excluding tert-OH is 2. The SMILES string of the molecule is C.C=CC1C[N+]2(Cc3cc(C(F)(F)F)cc(C(F)(F)F)c3)CCC1CC2[C@H](O)c1cc[n+](Cc2cc(C)cc(C(F)(F)F)c2)c2ccccc12.C=CC1C[N+]2(Cc3ccc(C)cc3Cl)CCC1CC2[C@H](O)c1cc[n+](Cc2cc(C)cc(C(F)(F)F)c2)c2ccccc12.[Br-].[Br-].[Br-].[Br-]. The van der Waals surface area contributed by atoms with Crippen molar-refractivity contribution in [1.29, 1.82) is 0 Å². The number of para-hydroxylation sites is 2. The second kappa shape index (κ2) is 31.4. The number of aromatic nitrogens is 2. The number of fused-ring (bicyclic) bond motifs is 8. The summed E-state index contributed by atoms with van der Waals surface area (Å²) in [5.41, 5.74) is 2.90. The van der Waals surface area contributed by atoms with Gasteiger partial charge in [0.05, 0.1) is 59.2 Å². The second-order valence-corrected chi connectivity index (χ2v) is 26.6. The van der Waals surface area contributed by atoms with Crippen LogP contribution in [0.15, 0.2) is 171 Å². The monoisotopic (exact) mass is 1630 g/mol. The Hall–Kier alpha value is -5.17. The molecule has 6 aliphatic rings. The lowest BCUT2D eigenvalue weighted by molar-refractivity contribution is -0.985. The highest BCUT2D eigenvalue weighted by molar-refractivity contribution is 6.31. The molecule has 6 saturated heterocycles. The van der Waals surface area contributed by atoms with Gasteiger partial charge in [0.2, 0.25) is 11.0 Å². The van der Waals surface area contributed by atoms with E-state index in [1.807, 2.05) is 54.1 Å². The van der Waals surface area contributed by atoms with Crippen LogP contribution in [0.25, 0.3) is 21.8 Å². The van der Waals surface area contributed by atoms with Crippen LogP contribution in [0.3, 0.4) is 0 Å². The van der Waals surface area contributed by atoms with E-state index in [4.69, 9.17) is 11.6 Å². The molecule has 14 rings (SSSR count). The van der Waals surface area contributed by atoms with Crippen molar-refractivity contribution in [2.24, 2.45) is 23.7 Å². The maximum Gasteiger partial charge on any atom is 0.416 e. The molecule has 6 nitrogen and oxygen atoms in total. The summed E-state index contributed by atoms with van der Waals surface area (Å²) in [7, 11) is 0. The minimum absolute atomic E-state index is 0. The third-order valence-corrected chi connectivity index (χ3v) is 20.5. The van der Waals surface area contributed by atoms with Crippen molar-refractivity contribution in [2.45, 2.75) is 129 Å². The van der Waals surface area contributed by atoms with Crippen molar-refractivity contribution in [3.8, 4) is 0 Å². The molecule has 23 heteroatoms. The molecule has 0 amide bonds. The Labute approximate surface area is 605 Å². The van der Waals surface area contributed by atoms with E-state index in [2.05, 4.69) is 31.4 Å². The number of alkyl halides is 12. The highest BCUT2D eigenvalue weighted by atomic mass is 79.9. The highest BCUT2D eigenvalue weighted by Crippen LogP contribution is 2.51. The molecule has 6 aromatic carbocycles. The van der Waals surface area contributed by atoms with Crippen molar-refractivity contribution < 1.29 is 149 Å². The molecular formula is C74H77Br4ClF12N4O2. The molecule has 2 N–H and O–H groups in total. The standard InChI is InChI=1S/C37H35F9N2O.C36H38ClF3N2O.CH4.4BrH/c1-3-25-21-48(20-24-15-28(36(41,42)43)18-29(16-24)37(44,45)46)11-9-26(25)17-33(48)34(49)31-8-10-47(32-7-5-4-6-30(31)32)19-23-12-22(2)13-27(14-23)35(38,39)40;1-4-26-21-42(22-28-10-9-23(2)17-32(28)37)14-12-27(26)19-34(42)35(43)31-11-13-41(33-8-6-5-7-30(31)33)20-25-15-24(3)16-29(18-25)36(38,39)40;;;;;/h3-8,10,12-16,18,25-26,33-34,49H,1,9,11,17,19-21H2,2H3;4-11,13,15-18,26-27,34-35,43H,1,12,14,19-22H2,2-3H3;1H4;4*1H/q2*+2;;;;;/p-4/t25?,26?,33?,34-,48?;26?,27?,34?,35-,42?;;;;;/m11...../s1. The summed E-state index contributed by atoms with van der Waals surface area (Å²) >= 11 is 6.74. The Balaban J connectivity index is 0.000000293. The number of nitrogens with zero attached hydrogens (tertiary/aromatic N) is 4. The number of rotatable bonds is 14. The van der Waals surface area contributed by atoms with E-state index >= 15 is 0 Å². The molecular weight excluding hydrogens is 1560 g/mol. The summed E-state index contributed by atoms with van der Waals surface area (Å²) in [6, 6.07) is 34.0. The van der Waals surface area contributed by atoms with Crippen molar-refractivity contribution in [1.82, 2.24) is 0 Å². The first-order valence-electron chi connectivity index (χ1n) is 30.9. The lowest BCUT2D eigenvalue weighted by Crippen LogP contribution is -3.00.